The smallest absolute Gasteiger partial charge is 0.158 e. The average molecular weight is 274 g/mol. The fraction of sp³-hybridized carbons (Fsp3) is 0.600. The Morgan fingerprint density at radius 1 is 1.40 bits per heavy atom. The highest BCUT2D eigenvalue weighted by Gasteiger charge is 2.47. The van der Waals surface area contributed by atoms with Gasteiger partial charge in [-0.1, -0.05) is 13.8 Å². The van der Waals surface area contributed by atoms with Gasteiger partial charge in [0, 0.05) is 22.9 Å². The molecule has 108 valence electrons. The summed E-state index contributed by atoms with van der Waals surface area (Å²) in [5, 5.41) is 18.7. The van der Waals surface area contributed by atoms with Crippen LogP contribution in [0, 0.1) is 5.41 Å². The average Bonchev–Trinajstić information content (AvgIpc) is 2.81. The minimum Gasteiger partial charge on any atom is -0.392 e. The second-order valence-electron chi connectivity index (χ2n) is 6.59. The van der Waals surface area contributed by atoms with Gasteiger partial charge in [0.25, 0.3) is 0 Å². The van der Waals surface area contributed by atoms with Crippen LogP contribution < -0.4 is 5.32 Å². The van der Waals surface area contributed by atoms with Gasteiger partial charge in [-0.2, -0.15) is 5.10 Å². The van der Waals surface area contributed by atoms with Crippen LogP contribution in [0.2, 0.25) is 0 Å². The minimum absolute atomic E-state index is 0.0862. The van der Waals surface area contributed by atoms with Gasteiger partial charge in [-0.05, 0) is 26.3 Å². The third-order valence-electron chi connectivity index (χ3n) is 4.48. The van der Waals surface area contributed by atoms with Crippen molar-refractivity contribution in [2.45, 2.75) is 52.3 Å². The maximum atomic E-state index is 9.79. The predicted molar refractivity (Wildman–Crippen MR) is 79.7 cm³/mol. The zero-order chi connectivity index (χ0) is 14.5. The number of hydrogen-bond acceptors (Lipinski definition) is 4. The van der Waals surface area contributed by atoms with Crippen LogP contribution in [-0.4, -0.2) is 32.0 Å². The first-order valence-corrected chi connectivity index (χ1v) is 7.17. The summed E-state index contributed by atoms with van der Waals surface area (Å²) in [5.74, 6) is 0. The van der Waals surface area contributed by atoms with E-state index >= 15 is 0 Å². The van der Waals surface area contributed by atoms with E-state index in [2.05, 4.69) is 49.2 Å². The third-order valence-corrected chi connectivity index (χ3v) is 4.48. The monoisotopic (exact) mass is 274 g/mol. The minimum atomic E-state index is -0.222. The molecule has 1 aliphatic carbocycles. The van der Waals surface area contributed by atoms with Gasteiger partial charge in [-0.25, -0.2) is 9.67 Å². The van der Waals surface area contributed by atoms with Crippen LogP contribution in [0.1, 0.15) is 40.2 Å². The lowest BCUT2D eigenvalue weighted by Crippen LogP contribution is -2.56. The molecule has 2 heterocycles. The molecule has 3 rings (SSSR count). The molecule has 20 heavy (non-hydrogen) atoms. The molecule has 0 spiro atoms. The molecule has 5 heteroatoms. The molecular formula is C15H22N4O. The van der Waals surface area contributed by atoms with Crippen LogP contribution in [0.5, 0.6) is 0 Å². The Morgan fingerprint density at radius 3 is 2.75 bits per heavy atom. The molecular weight excluding hydrogens is 252 g/mol. The number of aromatic nitrogens is 3. The zero-order valence-corrected chi connectivity index (χ0v) is 12.5. The first-order chi connectivity index (χ1) is 9.39. The van der Waals surface area contributed by atoms with E-state index in [0.29, 0.717) is 6.04 Å². The van der Waals surface area contributed by atoms with Crippen molar-refractivity contribution in [2.75, 3.05) is 5.32 Å². The molecule has 1 fully saturated rings. The van der Waals surface area contributed by atoms with Gasteiger partial charge in [0.05, 0.1) is 24.2 Å². The number of nitrogens with one attached hydrogen (secondary N) is 1. The summed E-state index contributed by atoms with van der Waals surface area (Å²) >= 11 is 0. The molecule has 5 nitrogen and oxygen atoms in total. The second kappa shape index (κ2) is 4.45. The van der Waals surface area contributed by atoms with E-state index in [0.717, 1.165) is 23.1 Å². The maximum absolute atomic E-state index is 9.79. The van der Waals surface area contributed by atoms with Crippen molar-refractivity contribution in [1.82, 2.24) is 14.8 Å². The van der Waals surface area contributed by atoms with E-state index in [1.807, 2.05) is 17.1 Å². The molecule has 2 aromatic heterocycles. The summed E-state index contributed by atoms with van der Waals surface area (Å²) in [7, 11) is 0. The standard InChI is InChI=1S/C15H22N4O/c1-9(2)19-14-10(7-17-19)5-11(8-16-14)18-12-6-13(20)15(12,3)4/h5,7-9,12-13,18,20H,6H2,1-4H3. The topological polar surface area (TPSA) is 63.0 Å². The molecule has 0 saturated heterocycles. The highest BCUT2D eigenvalue weighted by molar-refractivity contribution is 5.78. The summed E-state index contributed by atoms with van der Waals surface area (Å²) in [5.41, 5.74) is 1.82. The summed E-state index contributed by atoms with van der Waals surface area (Å²) in [4.78, 5) is 4.52. The third kappa shape index (κ3) is 1.97. The number of pyridine rings is 1. The summed E-state index contributed by atoms with van der Waals surface area (Å²) in [6.45, 7) is 8.36. The van der Waals surface area contributed by atoms with Crippen molar-refractivity contribution >= 4 is 16.7 Å². The highest BCUT2D eigenvalue weighted by atomic mass is 16.3. The SMILES string of the molecule is CC(C)n1ncc2cc(NC3CC(O)C3(C)C)cnc21. The Hall–Kier alpha value is -1.62. The lowest BCUT2D eigenvalue weighted by Gasteiger charge is -2.49. The summed E-state index contributed by atoms with van der Waals surface area (Å²) in [6, 6.07) is 2.67. The Balaban J connectivity index is 1.84. The van der Waals surface area contributed by atoms with E-state index < -0.39 is 0 Å². The number of fused-ring (bicyclic) bond motifs is 1. The van der Waals surface area contributed by atoms with Crippen LogP contribution in [0.15, 0.2) is 18.5 Å². The normalized spacial score (nSPS) is 24.9. The van der Waals surface area contributed by atoms with E-state index in [4.69, 9.17) is 0 Å². The maximum Gasteiger partial charge on any atom is 0.158 e. The molecule has 0 bridgehead atoms. The van der Waals surface area contributed by atoms with Crippen molar-refractivity contribution in [3.05, 3.63) is 18.5 Å². The van der Waals surface area contributed by atoms with Gasteiger partial charge in [0.1, 0.15) is 0 Å². The Morgan fingerprint density at radius 2 is 2.15 bits per heavy atom. The van der Waals surface area contributed by atoms with Crippen LogP contribution in [0.25, 0.3) is 11.0 Å². The Kier molecular flexibility index (Phi) is 2.97. The molecule has 2 N–H and O–H groups in total. The number of hydrogen-bond donors (Lipinski definition) is 2. The van der Waals surface area contributed by atoms with Crippen LogP contribution in [0.4, 0.5) is 5.69 Å². The molecule has 1 saturated carbocycles. The number of anilines is 1. The highest BCUT2D eigenvalue weighted by Crippen LogP contribution is 2.42. The molecule has 2 unspecified atom stereocenters. The van der Waals surface area contributed by atoms with E-state index in [1.165, 1.54) is 0 Å². The first kappa shape index (κ1) is 13.4. The largest absolute Gasteiger partial charge is 0.392 e. The van der Waals surface area contributed by atoms with Gasteiger partial charge in [-0.15, -0.1) is 0 Å². The van der Waals surface area contributed by atoms with Gasteiger partial charge in [-0.3, -0.25) is 0 Å². The predicted octanol–water partition coefficient (Wildman–Crippen LogP) is 2.58. The van der Waals surface area contributed by atoms with Crippen LogP contribution >= 0.6 is 0 Å². The number of aliphatic hydroxyl groups excluding tert-OH is 1. The molecule has 2 atom stereocenters. The fourth-order valence-electron chi connectivity index (χ4n) is 2.75. The molecule has 0 radical (unpaired) electrons. The van der Waals surface area contributed by atoms with Crippen molar-refractivity contribution < 1.29 is 5.11 Å². The van der Waals surface area contributed by atoms with E-state index in [1.54, 1.807) is 0 Å². The van der Waals surface area contributed by atoms with Crippen LogP contribution in [-0.2, 0) is 0 Å². The Bertz CT molecular complexity index is 632. The van der Waals surface area contributed by atoms with E-state index in [9.17, 15) is 5.11 Å². The van der Waals surface area contributed by atoms with Crippen LogP contribution in [0.3, 0.4) is 0 Å². The zero-order valence-electron chi connectivity index (χ0n) is 12.5. The van der Waals surface area contributed by atoms with Gasteiger partial charge < -0.3 is 10.4 Å². The van der Waals surface area contributed by atoms with Crippen molar-refractivity contribution in [1.29, 1.82) is 0 Å². The molecule has 0 aromatic carbocycles. The number of nitrogens with zero attached hydrogens (tertiary/aromatic N) is 3. The van der Waals surface area contributed by atoms with E-state index in [-0.39, 0.29) is 17.6 Å². The van der Waals surface area contributed by atoms with Gasteiger partial charge >= 0.3 is 0 Å². The molecule has 0 aliphatic heterocycles. The van der Waals surface area contributed by atoms with Gasteiger partial charge in [0.2, 0.25) is 0 Å². The second-order valence-corrected chi connectivity index (χ2v) is 6.59. The Labute approximate surface area is 119 Å². The quantitative estimate of drug-likeness (QED) is 0.903. The summed E-state index contributed by atoms with van der Waals surface area (Å²) < 4.78 is 1.93. The lowest BCUT2D eigenvalue weighted by molar-refractivity contribution is -0.0510. The number of rotatable bonds is 3. The van der Waals surface area contributed by atoms with Gasteiger partial charge in [0.15, 0.2) is 5.65 Å². The fourth-order valence-corrected chi connectivity index (χ4v) is 2.75. The molecule has 2 aromatic rings. The number of aliphatic hydroxyl groups is 1. The van der Waals surface area contributed by atoms with Crippen molar-refractivity contribution in [3.63, 3.8) is 0 Å². The van der Waals surface area contributed by atoms with Crippen molar-refractivity contribution in [2.24, 2.45) is 5.41 Å². The van der Waals surface area contributed by atoms with Crippen molar-refractivity contribution in [3.8, 4) is 0 Å². The molecule has 1 aliphatic rings. The summed E-state index contributed by atoms with van der Waals surface area (Å²) in [6.07, 6.45) is 4.27. The lowest BCUT2D eigenvalue weighted by atomic mass is 9.64. The molecule has 0 amide bonds. The first-order valence-electron chi connectivity index (χ1n) is 7.17.